The third-order valence-corrected chi connectivity index (χ3v) is 6.97. The van der Waals surface area contributed by atoms with Crippen LogP contribution in [0.1, 0.15) is 44.9 Å². The highest BCUT2D eigenvalue weighted by atomic mass is 32.2. The van der Waals surface area contributed by atoms with Gasteiger partial charge in [-0.2, -0.15) is 0 Å². The lowest BCUT2D eigenvalue weighted by molar-refractivity contribution is 0.510. The summed E-state index contributed by atoms with van der Waals surface area (Å²) in [6.45, 7) is 1.05. The second kappa shape index (κ2) is 7.12. The molecule has 27 heavy (non-hydrogen) atoms. The average molecular weight is 392 g/mol. The van der Waals surface area contributed by atoms with Crippen LogP contribution in [0.15, 0.2) is 38.8 Å². The minimum absolute atomic E-state index is 0.0288. The zero-order chi connectivity index (χ0) is 19.0. The van der Waals surface area contributed by atoms with Gasteiger partial charge in [-0.25, -0.2) is 36.7 Å². The van der Waals surface area contributed by atoms with E-state index in [4.69, 9.17) is 0 Å². The van der Waals surface area contributed by atoms with Crippen molar-refractivity contribution < 1.29 is 8.42 Å². The summed E-state index contributed by atoms with van der Waals surface area (Å²) in [5, 5.41) is 0. The molecule has 0 bridgehead atoms. The van der Waals surface area contributed by atoms with Crippen molar-refractivity contribution in [3.63, 3.8) is 0 Å². The fourth-order valence-corrected chi connectivity index (χ4v) is 5.31. The highest BCUT2D eigenvalue weighted by Crippen LogP contribution is 2.20. The molecule has 0 saturated heterocycles. The van der Waals surface area contributed by atoms with Crippen LogP contribution >= 0.6 is 0 Å². The molecule has 1 aliphatic carbocycles. The summed E-state index contributed by atoms with van der Waals surface area (Å²) in [7, 11) is -3.62. The number of aromatic nitrogens is 3. The summed E-state index contributed by atoms with van der Waals surface area (Å²) in [6.07, 6.45) is 6.88. The molecule has 2 aliphatic rings. The Morgan fingerprint density at radius 3 is 1.93 bits per heavy atom. The second-order valence-electron chi connectivity index (χ2n) is 7.30. The zero-order valence-electron chi connectivity index (χ0n) is 15.1. The molecule has 4 rings (SSSR count). The molecule has 9 heteroatoms. The number of nitrogens with zero attached hydrogens (tertiary/aromatic N) is 3. The first kappa shape index (κ1) is 18.2. The van der Waals surface area contributed by atoms with E-state index in [0.717, 1.165) is 49.5 Å². The molecule has 1 aromatic carbocycles. The first-order chi connectivity index (χ1) is 13.0. The lowest BCUT2D eigenvalue weighted by atomic mass is 10.1. The minimum atomic E-state index is -3.62. The second-order valence-corrected chi connectivity index (χ2v) is 9.02. The van der Waals surface area contributed by atoms with Gasteiger partial charge < -0.3 is 0 Å². The number of nitrogens with one attached hydrogen (secondary N) is 1. The van der Waals surface area contributed by atoms with E-state index in [0.29, 0.717) is 18.8 Å². The first-order valence-corrected chi connectivity index (χ1v) is 11.0. The van der Waals surface area contributed by atoms with Crippen LogP contribution in [-0.2, 0) is 23.1 Å². The number of benzene rings is 1. The van der Waals surface area contributed by atoms with Gasteiger partial charge in [0.1, 0.15) is 0 Å². The third kappa shape index (κ3) is 3.41. The van der Waals surface area contributed by atoms with Crippen LogP contribution in [0, 0.1) is 0 Å². The van der Waals surface area contributed by atoms with E-state index in [9.17, 15) is 18.0 Å². The van der Waals surface area contributed by atoms with Crippen molar-refractivity contribution in [2.24, 2.45) is 0 Å². The monoisotopic (exact) mass is 392 g/mol. The molecular weight excluding hydrogens is 368 g/mol. The average Bonchev–Trinajstić information content (AvgIpc) is 3.11. The fourth-order valence-electron chi connectivity index (χ4n) is 4.00. The lowest BCUT2D eigenvalue weighted by Crippen LogP contribution is -2.34. The summed E-state index contributed by atoms with van der Waals surface area (Å²) in [4.78, 5) is 25.0. The van der Waals surface area contributed by atoms with Crippen molar-refractivity contribution in [3.8, 4) is 5.69 Å². The van der Waals surface area contributed by atoms with Crippen LogP contribution in [0.5, 0.6) is 0 Å². The fraction of sp³-hybridized carbons (Fsp3) is 0.556. The number of hydrogen-bond acceptors (Lipinski definition) is 4. The molecule has 0 atom stereocenters. The van der Waals surface area contributed by atoms with Gasteiger partial charge in [0.25, 0.3) is 0 Å². The normalized spacial score (nSPS) is 18.4. The number of rotatable bonds is 4. The number of sulfonamides is 1. The molecule has 146 valence electrons. The molecule has 1 fully saturated rings. The molecule has 0 spiro atoms. The molecule has 1 aromatic heterocycles. The van der Waals surface area contributed by atoms with Gasteiger partial charge in [0, 0.05) is 19.1 Å². The van der Waals surface area contributed by atoms with E-state index in [1.165, 1.54) is 33.6 Å². The van der Waals surface area contributed by atoms with E-state index in [1.807, 2.05) is 0 Å². The Morgan fingerprint density at radius 2 is 1.37 bits per heavy atom. The van der Waals surface area contributed by atoms with Crippen molar-refractivity contribution in [2.75, 3.05) is 0 Å². The highest BCUT2D eigenvalue weighted by Gasteiger charge is 2.23. The lowest BCUT2D eigenvalue weighted by Gasteiger charge is -2.16. The van der Waals surface area contributed by atoms with Gasteiger partial charge in [-0.05, 0) is 43.5 Å². The Balaban J connectivity index is 1.59. The van der Waals surface area contributed by atoms with Gasteiger partial charge >= 0.3 is 11.4 Å². The van der Waals surface area contributed by atoms with Gasteiger partial charge in [-0.3, -0.25) is 0 Å². The van der Waals surface area contributed by atoms with E-state index in [1.54, 1.807) is 0 Å². The SMILES string of the molecule is O=c1n(-c2ccc(S(=O)(=O)NC3CCCCCC3)cc2)c(=O)n2n1CCC2. The molecule has 2 aromatic rings. The van der Waals surface area contributed by atoms with Crippen LogP contribution in [0.25, 0.3) is 5.69 Å². The quantitative estimate of drug-likeness (QED) is 0.791. The van der Waals surface area contributed by atoms with Crippen molar-refractivity contribution in [1.29, 1.82) is 0 Å². The summed E-state index contributed by atoms with van der Waals surface area (Å²) in [5.74, 6) is 0. The van der Waals surface area contributed by atoms with Crippen LogP contribution in [-0.4, -0.2) is 28.4 Å². The van der Waals surface area contributed by atoms with E-state index >= 15 is 0 Å². The topological polar surface area (TPSA) is 95.1 Å². The largest absolute Gasteiger partial charge is 0.351 e. The minimum Gasteiger partial charge on any atom is -0.246 e. The Kier molecular flexibility index (Phi) is 4.81. The van der Waals surface area contributed by atoms with Crippen LogP contribution in [0.4, 0.5) is 0 Å². The van der Waals surface area contributed by atoms with Crippen LogP contribution in [0.2, 0.25) is 0 Å². The van der Waals surface area contributed by atoms with E-state index < -0.39 is 10.0 Å². The first-order valence-electron chi connectivity index (χ1n) is 9.53. The Bertz CT molecular complexity index is 1000. The molecule has 2 heterocycles. The molecule has 1 aliphatic heterocycles. The molecule has 1 N–H and O–H groups in total. The van der Waals surface area contributed by atoms with E-state index in [2.05, 4.69) is 4.72 Å². The van der Waals surface area contributed by atoms with E-state index in [-0.39, 0.29) is 22.3 Å². The molecule has 0 unspecified atom stereocenters. The van der Waals surface area contributed by atoms with Crippen molar-refractivity contribution in [1.82, 2.24) is 18.7 Å². The molecule has 0 amide bonds. The number of hydrogen-bond donors (Lipinski definition) is 1. The Morgan fingerprint density at radius 1 is 0.815 bits per heavy atom. The van der Waals surface area contributed by atoms with Crippen LogP contribution < -0.4 is 16.1 Å². The third-order valence-electron chi connectivity index (χ3n) is 5.44. The molecule has 8 nitrogen and oxygen atoms in total. The highest BCUT2D eigenvalue weighted by molar-refractivity contribution is 7.89. The smallest absolute Gasteiger partial charge is 0.246 e. The molecule has 1 saturated carbocycles. The maximum atomic E-state index is 12.7. The Labute approximate surface area is 157 Å². The maximum Gasteiger partial charge on any atom is 0.351 e. The summed E-state index contributed by atoms with van der Waals surface area (Å²) in [5.41, 5.74) is -0.387. The summed E-state index contributed by atoms with van der Waals surface area (Å²) >= 11 is 0. The predicted octanol–water partition coefficient (Wildman–Crippen LogP) is 1.21. The number of fused-ring (bicyclic) bond motifs is 1. The van der Waals surface area contributed by atoms with Gasteiger partial charge in [-0.15, -0.1) is 0 Å². The summed E-state index contributed by atoms with van der Waals surface area (Å²) < 4.78 is 32.1. The summed E-state index contributed by atoms with van der Waals surface area (Å²) in [6, 6.07) is 5.90. The van der Waals surface area contributed by atoms with Crippen LogP contribution in [0.3, 0.4) is 0 Å². The molecule has 0 radical (unpaired) electrons. The van der Waals surface area contributed by atoms with Gasteiger partial charge in [-0.1, -0.05) is 25.7 Å². The van der Waals surface area contributed by atoms with Gasteiger partial charge in [0.15, 0.2) is 0 Å². The maximum absolute atomic E-state index is 12.7. The van der Waals surface area contributed by atoms with Crippen molar-refractivity contribution in [3.05, 3.63) is 45.2 Å². The molecular formula is C18H24N4O4S. The van der Waals surface area contributed by atoms with Gasteiger partial charge in [0.2, 0.25) is 10.0 Å². The van der Waals surface area contributed by atoms with Crippen molar-refractivity contribution >= 4 is 10.0 Å². The predicted molar refractivity (Wildman–Crippen MR) is 101 cm³/mol. The standard InChI is InChI=1S/C18H24N4O4S/c23-17-20-12-5-13-21(20)18(24)22(17)15-8-10-16(11-9-15)27(25,26)19-14-6-3-1-2-4-7-14/h8-11,14,19H,1-7,12-13H2. The van der Waals surface area contributed by atoms with Gasteiger partial charge in [0.05, 0.1) is 10.6 Å². The zero-order valence-corrected chi connectivity index (χ0v) is 16.0. The van der Waals surface area contributed by atoms with Crippen molar-refractivity contribution in [2.45, 2.75) is 69.0 Å². The Hall–Kier alpha value is -2.13.